The smallest absolute Gasteiger partial charge is 0.408 e. The second kappa shape index (κ2) is 8.86. The number of amides is 2. The molecule has 8 nitrogen and oxygen atoms in total. The van der Waals surface area contributed by atoms with E-state index >= 15 is 0 Å². The average molecular weight is 455 g/mol. The molecule has 0 fully saturated rings. The molecule has 3 rings (SSSR count). The van der Waals surface area contributed by atoms with Crippen LogP contribution in [0.4, 0.5) is 10.5 Å². The van der Waals surface area contributed by atoms with E-state index in [1.807, 2.05) is 0 Å². The summed E-state index contributed by atoms with van der Waals surface area (Å²) in [5, 5.41) is 2.75. The first-order valence-electron chi connectivity index (χ1n) is 10.7. The van der Waals surface area contributed by atoms with Crippen LogP contribution in [0.3, 0.4) is 0 Å². The molecule has 2 atom stereocenters. The molecule has 0 aromatic heterocycles. The first-order valence-corrected chi connectivity index (χ1v) is 10.7. The number of nitrogens with one attached hydrogen (secondary N) is 1. The van der Waals surface area contributed by atoms with E-state index in [1.165, 1.54) is 12.0 Å². The fraction of sp³-hybridized carbons (Fsp3) is 0.400. The van der Waals surface area contributed by atoms with Crippen LogP contribution in [0, 0.1) is 0 Å². The molecule has 0 aliphatic carbocycles. The quantitative estimate of drug-likeness (QED) is 0.672. The molecule has 1 heterocycles. The lowest BCUT2D eigenvalue weighted by molar-refractivity contribution is -0.189. The maximum atomic E-state index is 14.1. The molecule has 0 bridgehead atoms. The van der Waals surface area contributed by atoms with E-state index in [0.717, 1.165) is 0 Å². The minimum absolute atomic E-state index is 0.0565. The van der Waals surface area contributed by atoms with Crippen molar-refractivity contribution in [2.24, 2.45) is 0 Å². The van der Waals surface area contributed by atoms with Gasteiger partial charge in [-0.2, -0.15) is 0 Å². The van der Waals surface area contributed by atoms with E-state index in [-0.39, 0.29) is 6.61 Å². The first kappa shape index (κ1) is 24.3. The summed E-state index contributed by atoms with van der Waals surface area (Å²) >= 11 is 0. The zero-order valence-electron chi connectivity index (χ0n) is 19.8. The Morgan fingerprint density at radius 1 is 1.03 bits per heavy atom. The number of likely N-dealkylation sites (N-methyl/N-ethyl adjacent to an activating group) is 1. The Morgan fingerprint density at radius 3 is 2.21 bits per heavy atom. The fourth-order valence-corrected chi connectivity index (χ4v) is 4.34. The van der Waals surface area contributed by atoms with Gasteiger partial charge in [0.25, 0.3) is 5.91 Å². The van der Waals surface area contributed by atoms with Crippen LogP contribution in [0.5, 0.6) is 0 Å². The minimum atomic E-state index is -2.04. The molecule has 8 heteroatoms. The summed E-state index contributed by atoms with van der Waals surface area (Å²) < 4.78 is 16.9. The van der Waals surface area contributed by atoms with Gasteiger partial charge in [0.05, 0.1) is 7.11 Å². The van der Waals surface area contributed by atoms with Crippen molar-refractivity contribution in [1.29, 1.82) is 0 Å². The summed E-state index contributed by atoms with van der Waals surface area (Å²) in [7, 11) is 2.80. The molecule has 0 spiro atoms. The monoisotopic (exact) mass is 454 g/mol. The van der Waals surface area contributed by atoms with Crippen LogP contribution in [-0.4, -0.2) is 44.3 Å². The Balaban J connectivity index is 2.42. The molecule has 1 aliphatic rings. The molecule has 2 aromatic rings. The zero-order valence-corrected chi connectivity index (χ0v) is 19.8. The number of para-hydroxylation sites is 1. The maximum Gasteiger partial charge on any atom is 0.408 e. The van der Waals surface area contributed by atoms with Crippen molar-refractivity contribution in [3.63, 3.8) is 0 Å². The van der Waals surface area contributed by atoms with Gasteiger partial charge in [0.15, 0.2) is 5.54 Å². The lowest BCUT2D eigenvalue weighted by atomic mass is 9.70. The standard InChI is InChI=1S/C25H30N2O6/c1-7-32-25(21(29)31-6,17-13-9-8-10-14-17)24(26-22(30)33-23(2,3)4)18-15-11-12-16-19(18)27(5)20(24)28/h8-16H,7H2,1-6H3,(H,26,30)/t24-,25+/m1/s1. The molecular formula is C25H30N2O6. The number of rotatable bonds is 6. The summed E-state index contributed by atoms with van der Waals surface area (Å²) in [6, 6.07) is 15.5. The summed E-state index contributed by atoms with van der Waals surface area (Å²) in [4.78, 5) is 42.3. The van der Waals surface area contributed by atoms with Crippen LogP contribution >= 0.6 is 0 Å². The zero-order chi connectivity index (χ0) is 24.4. The molecule has 0 saturated carbocycles. The summed E-state index contributed by atoms with van der Waals surface area (Å²) in [5.41, 5.74) is -3.59. The molecule has 0 unspecified atom stereocenters. The van der Waals surface area contributed by atoms with Gasteiger partial charge in [0, 0.05) is 24.9 Å². The molecule has 2 amide bonds. The number of esters is 1. The Labute approximate surface area is 193 Å². The van der Waals surface area contributed by atoms with Gasteiger partial charge < -0.3 is 19.1 Å². The second-order valence-electron chi connectivity index (χ2n) is 8.73. The third-order valence-electron chi connectivity index (χ3n) is 5.53. The van der Waals surface area contributed by atoms with Gasteiger partial charge in [-0.25, -0.2) is 9.59 Å². The number of alkyl carbamates (subject to hydrolysis) is 1. The van der Waals surface area contributed by atoms with Crippen molar-refractivity contribution < 1.29 is 28.6 Å². The van der Waals surface area contributed by atoms with Crippen LogP contribution in [0.2, 0.25) is 0 Å². The first-order chi connectivity index (χ1) is 15.5. The van der Waals surface area contributed by atoms with Crippen LogP contribution in [0.25, 0.3) is 0 Å². The van der Waals surface area contributed by atoms with E-state index in [0.29, 0.717) is 16.8 Å². The highest BCUT2D eigenvalue weighted by molar-refractivity contribution is 6.13. The number of methoxy groups -OCH3 is 1. The number of ether oxygens (including phenoxy) is 3. The number of carbonyl (C=O) groups is 3. The number of carbonyl (C=O) groups excluding carboxylic acids is 3. The number of hydrogen-bond acceptors (Lipinski definition) is 6. The van der Waals surface area contributed by atoms with Gasteiger partial charge in [-0.1, -0.05) is 48.5 Å². The topological polar surface area (TPSA) is 94.2 Å². The lowest BCUT2D eigenvalue weighted by Gasteiger charge is -2.45. The Bertz CT molecular complexity index is 1050. The predicted octanol–water partition coefficient (Wildman–Crippen LogP) is 3.49. The SMILES string of the molecule is CCO[C@](C(=O)OC)(c1ccccc1)[C@]1(NC(=O)OC(C)(C)C)C(=O)N(C)c2ccccc21. The van der Waals surface area contributed by atoms with E-state index in [9.17, 15) is 14.4 Å². The molecule has 1 N–H and O–H groups in total. The van der Waals surface area contributed by atoms with Gasteiger partial charge in [-0.05, 0) is 39.3 Å². The normalized spacial score (nSPS) is 19.5. The Kier molecular flexibility index (Phi) is 6.51. The number of nitrogens with zero attached hydrogens (tertiary/aromatic N) is 1. The van der Waals surface area contributed by atoms with Gasteiger partial charge in [0.2, 0.25) is 5.60 Å². The largest absolute Gasteiger partial charge is 0.467 e. The van der Waals surface area contributed by atoms with Crippen LogP contribution < -0.4 is 10.2 Å². The lowest BCUT2D eigenvalue weighted by Crippen LogP contribution is -2.69. The van der Waals surface area contributed by atoms with Crippen LogP contribution in [-0.2, 0) is 34.9 Å². The van der Waals surface area contributed by atoms with Gasteiger partial charge >= 0.3 is 12.1 Å². The number of hydrogen-bond donors (Lipinski definition) is 1. The number of benzene rings is 2. The Morgan fingerprint density at radius 2 is 1.64 bits per heavy atom. The fourth-order valence-electron chi connectivity index (χ4n) is 4.34. The predicted molar refractivity (Wildman–Crippen MR) is 123 cm³/mol. The van der Waals surface area contributed by atoms with E-state index < -0.39 is 34.7 Å². The molecule has 0 saturated heterocycles. The highest BCUT2D eigenvalue weighted by atomic mass is 16.6. The molecule has 33 heavy (non-hydrogen) atoms. The van der Waals surface area contributed by atoms with Crippen molar-refractivity contribution in [3.05, 3.63) is 65.7 Å². The molecule has 176 valence electrons. The van der Waals surface area contributed by atoms with Crippen molar-refractivity contribution in [2.45, 2.75) is 44.4 Å². The molecule has 0 radical (unpaired) electrons. The average Bonchev–Trinajstić information content (AvgIpc) is 2.99. The maximum absolute atomic E-state index is 14.1. The Hall–Kier alpha value is -3.39. The van der Waals surface area contributed by atoms with Gasteiger partial charge in [-0.3, -0.25) is 10.1 Å². The number of fused-ring (bicyclic) bond motifs is 1. The van der Waals surface area contributed by atoms with Crippen LogP contribution in [0.15, 0.2) is 54.6 Å². The third kappa shape index (κ3) is 3.84. The van der Waals surface area contributed by atoms with Crippen molar-refractivity contribution in [2.75, 3.05) is 25.7 Å². The van der Waals surface area contributed by atoms with E-state index in [4.69, 9.17) is 14.2 Å². The van der Waals surface area contributed by atoms with Gasteiger partial charge in [-0.15, -0.1) is 0 Å². The highest BCUT2D eigenvalue weighted by Gasteiger charge is 2.70. The van der Waals surface area contributed by atoms with E-state index in [1.54, 1.807) is 89.3 Å². The molecule has 2 aromatic carbocycles. The highest BCUT2D eigenvalue weighted by Crippen LogP contribution is 2.52. The minimum Gasteiger partial charge on any atom is -0.467 e. The summed E-state index contributed by atoms with van der Waals surface area (Å²) in [6.07, 6.45) is -0.870. The summed E-state index contributed by atoms with van der Waals surface area (Å²) in [6.45, 7) is 6.90. The van der Waals surface area contributed by atoms with E-state index in [2.05, 4.69) is 5.32 Å². The summed E-state index contributed by atoms with van der Waals surface area (Å²) in [5.74, 6) is -1.39. The number of anilines is 1. The molecular weight excluding hydrogens is 424 g/mol. The van der Waals surface area contributed by atoms with Crippen molar-refractivity contribution >= 4 is 23.7 Å². The van der Waals surface area contributed by atoms with Crippen LogP contribution in [0.1, 0.15) is 38.8 Å². The van der Waals surface area contributed by atoms with Crippen molar-refractivity contribution in [1.82, 2.24) is 5.32 Å². The van der Waals surface area contributed by atoms with Gasteiger partial charge in [0.1, 0.15) is 5.60 Å². The second-order valence-corrected chi connectivity index (χ2v) is 8.73. The third-order valence-corrected chi connectivity index (χ3v) is 5.53. The molecule has 1 aliphatic heterocycles. The van der Waals surface area contributed by atoms with Crippen molar-refractivity contribution in [3.8, 4) is 0 Å².